The Hall–Kier alpha value is -1.09. The monoisotopic (exact) mass is 252 g/mol. The number of hydrogen-bond acceptors (Lipinski definition) is 2. The van der Waals surface area contributed by atoms with E-state index in [1.165, 1.54) is 11.6 Å². The molecular weight excluding hydrogens is 228 g/mol. The lowest BCUT2D eigenvalue weighted by molar-refractivity contribution is -0.131. The van der Waals surface area contributed by atoms with E-state index in [2.05, 4.69) is 6.92 Å². The van der Waals surface area contributed by atoms with Gasteiger partial charge in [0.2, 0.25) is 0 Å². The van der Waals surface area contributed by atoms with Gasteiger partial charge in [0, 0.05) is 6.08 Å². The number of carboxylic acid groups (broad SMARTS) is 1. The van der Waals surface area contributed by atoms with Crippen LogP contribution in [0, 0.1) is 5.92 Å². The number of carboxylic acids is 1. The third kappa shape index (κ3) is 6.01. The SMILES string of the molecule is CC(CCC(C)(C)O)CC1=CC(=CC(=O)O)CC1. The second kappa shape index (κ2) is 6.19. The zero-order chi connectivity index (χ0) is 13.8. The second-order valence-electron chi connectivity index (χ2n) is 6.02. The molecular formula is C15H24O3. The first-order chi connectivity index (χ1) is 8.26. The average molecular weight is 252 g/mol. The molecule has 0 amide bonds. The van der Waals surface area contributed by atoms with Crippen LogP contribution in [0.5, 0.6) is 0 Å². The molecule has 0 aliphatic heterocycles. The fraction of sp³-hybridized carbons (Fsp3) is 0.667. The van der Waals surface area contributed by atoms with Gasteiger partial charge in [0.25, 0.3) is 0 Å². The van der Waals surface area contributed by atoms with E-state index in [-0.39, 0.29) is 0 Å². The van der Waals surface area contributed by atoms with E-state index < -0.39 is 11.6 Å². The summed E-state index contributed by atoms with van der Waals surface area (Å²) in [6.07, 6.45) is 7.96. The summed E-state index contributed by atoms with van der Waals surface area (Å²) in [6.45, 7) is 5.86. The van der Waals surface area contributed by atoms with Crippen molar-refractivity contribution in [2.45, 2.75) is 58.5 Å². The molecule has 0 aromatic heterocycles. The van der Waals surface area contributed by atoms with Crippen molar-refractivity contribution in [2.24, 2.45) is 5.92 Å². The van der Waals surface area contributed by atoms with Crippen LogP contribution in [0.4, 0.5) is 0 Å². The van der Waals surface area contributed by atoms with Crippen molar-refractivity contribution in [3.05, 3.63) is 23.3 Å². The Morgan fingerprint density at radius 3 is 2.72 bits per heavy atom. The maximum Gasteiger partial charge on any atom is 0.328 e. The van der Waals surface area contributed by atoms with Gasteiger partial charge >= 0.3 is 5.97 Å². The van der Waals surface area contributed by atoms with Crippen molar-refractivity contribution >= 4 is 5.97 Å². The summed E-state index contributed by atoms with van der Waals surface area (Å²) in [6, 6.07) is 0. The minimum absolute atomic E-state index is 0.534. The Bertz CT molecular complexity index is 358. The summed E-state index contributed by atoms with van der Waals surface area (Å²) in [5, 5.41) is 18.4. The van der Waals surface area contributed by atoms with Crippen LogP contribution in [0.15, 0.2) is 23.3 Å². The van der Waals surface area contributed by atoms with Gasteiger partial charge in [-0.05, 0) is 57.4 Å². The van der Waals surface area contributed by atoms with E-state index >= 15 is 0 Å². The predicted octanol–water partition coefficient (Wildman–Crippen LogP) is 3.29. The fourth-order valence-electron chi connectivity index (χ4n) is 2.29. The Morgan fingerprint density at radius 2 is 2.17 bits per heavy atom. The predicted molar refractivity (Wildman–Crippen MR) is 72.3 cm³/mol. The summed E-state index contributed by atoms with van der Waals surface area (Å²) in [7, 11) is 0. The molecule has 0 bridgehead atoms. The lowest BCUT2D eigenvalue weighted by Crippen LogP contribution is -2.19. The van der Waals surface area contributed by atoms with Crippen molar-refractivity contribution in [1.29, 1.82) is 0 Å². The van der Waals surface area contributed by atoms with Gasteiger partial charge in [0.15, 0.2) is 0 Å². The second-order valence-corrected chi connectivity index (χ2v) is 6.02. The van der Waals surface area contributed by atoms with Gasteiger partial charge in [-0.15, -0.1) is 0 Å². The van der Waals surface area contributed by atoms with E-state index in [4.69, 9.17) is 5.11 Å². The van der Waals surface area contributed by atoms with Crippen LogP contribution in [0.25, 0.3) is 0 Å². The molecule has 0 fully saturated rings. The molecule has 18 heavy (non-hydrogen) atoms. The van der Waals surface area contributed by atoms with Crippen LogP contribution in [-0.2, 0) is 4.79 Å². The fourth-order valence-corrected chi connectivity index (χ4v) is 2.29. The van der Waals surface area contributed by atoms with Crippen LogP contribution in [0.2, 0.25) is 0 Å². The third-order valence-electron chi connectivity index (χ3n) is 3.29. The van der Waals surface area contributed by atoms with Gasteiger partial charge in [0.05, 0.1) is 5.60 Å². The van der Waals surface area contributed by atoms with Crippen molar-refractivity contribution < 1.29 is 15.0 Å². The van der Waals surface area contributed by atoms with E-state index in [9.17, 15) is 9.90 Å². The molecule has 0 heterocycles. The maximum absolute atomic E-state index is 10.6. The largest absolute Gasteiger partial charge is 0.478 e. The minimum atomic E-state index is -0.863. The zero-order valence-corrected chi connectivity index (χ0v) is 11.6. The Labute approximate surface area is 109 Å². The van der Waals surface area contributed by atoms with E-state index in [0.29, 0.717) is 5.92 Å². The van der Waals surface area contributed by atoms with Gasteiger partial charge in [-0.3, -0.25) is 0 Å². The van der Waals surface area contributed by atoms with Gasteiger partial charge < -0.3 is 10.2 Å². The van der Waals surface area contributed by atoms with Crippen LogP contribution in [0.1, 0.15) is 52.9 Å². The first-order valence-electron chi connectivity index (χ1n) is 6.61. The topological polar surface area (TPSA) is 57.5 Å². The van der Waals surface area contributed by atoms with Gasteiger partial charge in [-0.1, -0.05) is 18.6 Å². The molecule has 3 heteroatoms. The zero-order valence-electron chi connectivity index (χ0n) is 11.6. The van der Waals surface area contributed by atoms with Crippen molar-refractivity contribution in [3.8, 4) is 0 Å². The molecule has 2 N–H and O–H groups in total. The summed E-state index contributed by atoms with van der Waals surface area (Å²) in [5.41, 5.74) is 1.67. The highest BCUT2D eigenvalue weighted by molar-refractivity contribution is 5.81. The third-order valence-corrected chi connectivity index (χ3v) is 3.29. The molecule has 1 aliphatic rings. The minimum Gasteiger partial charge on any atom is -0.478 e. The van der Waals surface area contributed by atoms with E-state index in [1.54, 1.807) is 0 Å². The number of carbonyl (C=O) groups is 1. The number of hydrogen-bond donors (Lipinski definition) is 2. The van der Waals surface area contributed by atoms with Crippen LogP contribution in [-0.4, -0.2) is 21.8 Å². The molecule has 0 radical (unpaired) electrons. The standard InChI is InChI=1S/C15H24O3/c1-11(6-7-15(2,3)18)8-12-4-5-13(9-12)10-14(16)17/h9-11,18H,4-8H2,1-3H3,(H,16,17). The van der Waals surface area contributed by atoms with Crippen molar-refractivity contribution in [1.82, 2.24) is 0 Å². The van der Waals surface area contributed by atoms with E-state index in [0.717, 1.165) is 37.7 Å². The molecule has 1 unspecified atom stereocenters. The summed E-state index contributed by atoms with van der Waals surface area (Å²) in [4.78, 5) is 10.6. The number of allylic oxidation sites excluding steroid dienone is 3. The first-order valence-corrected chi connectivity index (χ1v) is 6.61. The number of rotatable bonds is 6. The number of aliphatic hydroxyl groups is 1. The summed E-state index contributed by atoms with van der Waals surface area (Å²) < 4.78 is 0. The molecule has 0 aromatic carbocycles. The van der Waals surface area contributed by atoms with Gasteiger partial charge in [-0.25, -0.2) is 4.79 Å². The lowest BCUT2D eigenvalue weighted by atomic mass is 9.91. The highest BCUT2D eigenvalue weighted by Gasteiger charge is 2.17. The first kappa shape index (κ1) is 15.0. The Balaban J connectivity index is 2.42. The van der Waals surface area contributed by atoms with Gasteiger partial charge in [0.1, 0.15) is 0 Å². The molecule has 0 saturated heterocycles. The summed E-state index contributed by atoms with van der Waals surface area (Å²) >= 11 is 0. The molecule has 102 valence electrons. The quantitative estimate of drug-likeness (QED) is 0.713. The van der Waals surface area contributed by atoms with Crippen LogP contribution < -0.4 is 0 Å². The van der Waals surface area contributed by atoms with E-state index in [1.807, 2.05) is 19.9 Å². The summed E-state index contributed by atoms with van der Waals surface area (Å²) in [5.74, 6) is -0.329. The normalized spacial score (nSPS) is 20.0. The molecule has 0 spiro atoms. The highest BCUT2D eigenvalue weighted by Crippen LogP contribution is 2.30. The molecule has 0 aromatic rings. The van der Waals surface area contributed by atoms with Crippen molar-refractivity contribution in [3.63, 3.8) is 0 Å². The van der Waals surface area contributed by atoms with Gasteiger partial charge in [-0.2, -0.15) is 0 Å². The Kier molecular flexibility index (Phi) is 5.15. The highest BCUT2D eigenvalue weighted by atomic mass is 16.4. The molecule has 1 aliphatic carbocycles. The molecule has 3 nitrogen and oxygen atoms in total. The molecule has 0 saturated carbocycles. The average Bonchev–Trinajstić information content (AvgIpc) is 2.60. The van der Waals surface area contributed by atoms with Crippen LogP contribution in [0.3, 0.4) is 0 Å². The van der Waals surface area contributed by atoms with Crippen molar-refractivity contribution in [2.75, 3.05) is 0 Å². The number of aliphatic carboxylic acids is 1. The molecule has 1 rings (SSSR count). The maximum atomic E-state index is 10.6. The smallest absolute Gasteiger partial charge is 0.328 e. The Morgan fingerprint density at radius 1 is 1.50 bits per heavy atom. The lowest BCUT2D eigenvalue weighted by Gasteiger charge is -2.20. The molecule has 1 atom stereocenters. The van der Waals surface area contributed by atoms with Crippen LogP contribution >= 0.6 is 0 Å².